The van der Waals surface area contributed by atoms with Gasteiger partial charge in [0.15, 0.2) is 0 Å². The van der Waals surface area contributed by atoms with Crippen molar-refractivity contribution in [3.8, 4) is 11.8 Å². The molecule has 2 N–H and O–H groups in total. The number of rotatable bonds is 3. The first-order chi connectivity index (χ1) is 9.92. The lowest BCUT2D eigenvalue weighted by Gasteiger charge is -2.16. The summed E-state index contributed by atoms with van der Waals surface area (Å²) in [5.41, 5.74) is 1.12. The van der Waals surface area contributed by atoms with Gasteiger partial charge in [-0.15, -0.1) is 0 Å². The molecular weight excluding hydrogens is 264 g/mol. The third-order valence-electron chi connectivity index (χ3n) is 3.23. The second-order valence-corrected chi connectivity index (χ2v) is 5.32. The lowest BCUT2D eigenvalue weighted by molar-refractivity contribution is 0.102. The fourth-order valence-electron chi connectivity index (χ4n) is 1.90. The van der Waals surface area contributed by atoms with Crippen LogP contribution < -0.4 is 5.32 Å². The summed E-state index contributed by atoms with van der Waals surface area (Å²) >= 11 is 0. The summed E-state index contributed by atoms with van der Waals surface area (Å²) in [5, 5.41) is 21.3. The van der Waals surface area contributed by atoms with Gasteiger partial charge in [0.1, 0.15) is 5.75 Å². The van der Waals surface area contributed by atoms with E-state index in [4.69, 9.17) is 5.26 Å². The number of nitriles is 1. The summed E-state index contributed by atoms with van der Waals surface area (Å²) in [7, 11) is 0. The Morgan fingerprint density at radius 3 is 2.57 bits per heavy atom. The van der Waals surface area contributed by atoms with E-state index in [1.165, 1.54) is 12.1 Å². The molecule has 0 saturated carbocycles. The van der Waals surface area contributed by atoms with Gasteiger partial charge in [-0.3, -0.25) is 4.79 Å². The predicted molar refractivity (Wildman–Crippen MR) is 81.1 cm³/mol. The quantitative estimate of drug-likeness (QED) is 0.904. The highest BCUT2D eigenvalue weighted by Crippen LogP contribution is 2.23. The molecular formula is C17H16N2O2. The summed E-state index contributed by atoms with van der Waals surface area (Å²) in [4.78, 5) is 12.2. The van der Waals surface area contributed by atoms with Crippen LogP contribution in [0.15, 0.2) is 48.5 Å². The molecule has 0 aromatic heterocycles. The molecule has 0 aliphatic heterocycles. The number of amides is 1. The fraction of sp³-hybridized carbons (Fsp3) is 0.176. The maximum Gasteiger partial charge on any atom is 0.255 e. The predicted octanol–water partition coefficient (Wildman–Crippen LogP) is 3.45. The molecule has 2 rings (SSSR count). The number of benzene rings is 2. The summed E-state index contributed by atoms with van der Waals surface area (Å²) in [6, 6.07) is 15.6. The third-order valence-corrected chi connectivity index (χ3v) is 3.23. The summed E-state index contributed by atoms with van der Waals surface area (Å²) < 4.78 is 0. The van der Waals surface area contributed by atoms with Crippen LogP contribution in [0.1, 0.15) is 29.8 Å². The second kappa shape index (κ2) is 5.68. The van der Waals surface area contributed by atoms with E-state index >= 15 is 0 Å². The highest BCUT2D eigenvalue weighted by molar-refractivity contribution is 6.04. The van der Waals surface area contributed by atoms with Crippen molar-refractivity contribution in [3.63, 3.8) is 0 Å². The number of phenols is 1. The number of hydrogen-bond donors (Lipinski definition) is 2. The molecule has 0 spiro atoms. The molecule has 2 aromatic rings. The van der Waals surface area contributed by atoms with E-state index in [1.54, 1.807) is 44.2 Å². The highest BCUT2D eigenvalue weighted by atomic mass is 16.3. The van der Waals surface area contributed by atoms with Crippen molar-refractivity contribution in [1.82, 2.24) is 0 Å². The molecule has 0 heterocycles. The van der Waals surface area contributed by atoms with E-state index in [9.17, 15) is 9.90 Å². The molecule has 4 heteroatoms. The van der Waals surface area contributed by atoms with Crippen molar-refractivity contribution in [2.75, 3.05) is 5.32 Å². The van der Waals surface area contributed by atoms with Crippen LogP contribution in [0.5, 0.6) is 5.75 Å². The lowest BCUT2D eigenvalue weighted by atomic mass is 9.85. The second-order valence-electron chi connectivity index (χ2n) is 5.32. The number of nitrogens with one attached hydrogen (secondary N) is 1. The number of carbonyl (C=O) groups excluding carboxylic acids is 1. The molecule has 4 nitrogen and oxygen atoms in total. The Bertz CT molecular complexity index is 715. The molecule has 0 saturated heterocycles. The Hall–Kier alpha value is -2.80. The van der Waals surface area contributed by atoms with Crippen molar-refractivity contribution in [2.24, 2.45) is 0 Å². The van der Waals surface area contributed by atoms with Crippen molar-refractivity contribution >= 4 is 11.6 Å². The summed E-state index contributed by atoms with van der Waals surface area (Å²) in [5.74, 6) is -0.191. The largest absolute Gasteiger partial charge is 0.508 e. The van der Waals surface area contributed by atoms with Gasteiger partial charge in [-0.25, -0.2) is 0 Å². The van der Waals surface area contributed by atoms with E-state index in [1.807, 2.05) is 6.07 Å². The SMILES string of the molecule is CC(C)(C#N)c1cccc(C(=O)Nc2cccc(O)c2)c1. The van der Waals surface area contributed by atoms with Gasteiger partial charge in [-0.2, -0.15) is 5.26 Å². The topological polar surface area (TPSA) is 73.1 Å². The Balaban J connectivity index is 2.25. The smallest absolute Gasteiger partial charge is 0.255 e. The molecule has 2 aromatic carbocycles. The zero-order valence-electron chi connectivity index (χ0n) is 11.9. The van der Waals surface area contributed by atoms with Gasteiger partial charge < -0.3 is 10.4 Å². The van der Waals surface area contributed by atoms with Crippen LogP contribution in [0.4, 0.5) is 5.69 Å². The molecule has 106 valence electrons. The van der Waals surface area contributed by atoms with Crippen LogP contribution in [-0.4, -0.2) is 11.0 Å². The van der Waals surface area contributed by atoms with Crippen LogP contribution in [0.3, 0.4) is 0 Å². The molecule has 0 unspecified atom stereocenters. The van der Waals surface area contributed by atoms with Crippen LogP contribution in [-0.2, 0) is 5.41 Å². The van der Waals surface area contributed by atoms with Crippen molar-refractivity contribution in [1.29, 1.82) is 5.26 Å². The Kier molecular flexibility index (Phi) is 3.95. The van der Waals surface area contributed by atoms with Crippen LogP contribution >= 0.6 is 0 Å². The highest BCUT2D eigenvalue weighted by Gasteiger charge is 2.20. The first kappa shape index (κ1) is 14.6. The zero-order valence-corrected chi connectivity index (χ0v) is 11.9. The molecule has 0 bridgehead atoms. The Labute approximate surface area is 123 Å². The van der Waals surface area contributed by atoms with Crippen molar-refractivity contribution < 1.29 is 9.90 Å². The van der Waals surface area contributed by atoms with Crippen LogP contribution in [0.2, 0.25) is 0 Å². The van der Waals surface area contributed by atoms with Gasteiger partial charge in [0.05, 0.1) is 11.5 Å². The average molecular weight is 280 g/mol. The number of hydrogen-bond acceptors (Lipinski definition) is 3. The first-order valence-corrected chi connectivity index (χ1v) is 6.54. The van der Waals surface area contributed by atoms with Crippen LogP contribution in [0.25, 0.3) is 0 Å². The molecule has 0 aliphatic carbocycles. The van der Waals surface area contributed by atoms with Crippen LogP contribution in [0, 0.1) is 11.3 Å². The lowest BCUT2D eigenvalue weighted by Crippen LogP contribution is -2.17. The first-order valence-electron chi connectivity index (χ1n) is 6.54. The minimum absolute atomic E-state index is 0.0900. The van der Waals surface area contributed by atoms with E-state index in [0.717, 1.165) is 5.56 Å². The van der Waals surface area contributed by atoms with Gasteiger partial charge in [-0.05, 0) is 43.7 Å². The summed E-state index contributed by atoms with van der Waals surface area (Å²) in [6.07, 6.45) is 0. The molecule has 0 fully saturated rings. The average Bonchev–Trinajstić information content (AvgIpc) is 2.47. The number of phenolic OH excluding ortho intramolecular Hbond substituents is 1. The third kappa shape index (κ3) is 3.40. The molecule has 1 amide bonds. The number of anilines is 1. The standard InChI is InChI=1S/C17H16N2O2/c1-17(2,11-18)13-6-3-5-12(9-13)16(21)19-14-7-4-8-15(20)10-14/h3-10,20H,1-2H3,(H,19,21). The zero-order chi connectivity index (χ0) is 15.5. The van der Waals surface area contributed by atoms with Crippen molar-refractivity contribution in [2.45, 2.75) is 19.3 Å². The fourth-order valence-corrected chi connectivity index (χ4v) is 1.90. The van der Waals surface area contributed by atoms with Gasteiger partial charge in [-0.1, -0.05) is 18.2 Å². The molecule has 21 heavy (non-hydrogen) atoms. The van der Waals surface area contributed by atoms with Gasteiger partial charge in [0.2, 0.25) is 0 Å². The van der Waals surface area contributed by atoms with E-state index in [2.05, 4.69) is 11.4 Å². The van der Waals surface area contributed by atoms with E-state index < -0.39 is 5.41 Å². The van der Waals surface area contributed by atoms with Crippen molar-refractivity contribution in [3.05, 3.63) is 59.7 Å². The van der Waals surface area contributed by atoms with Gasteiger partial charge >= 0.3 is 0 Å². The van der Waals surface area contributed by atoms with E-state index in [0.29, 0.717) is 11.3 Å². The van der Waals surface area contributed by atoms with Gasteiger partial charge in [0, 0.05) is 17.3 Å². The maximum atomic E-state index is 12.2. The number of carbonyl (C=O) groups is 1. The monoisotopic (exact) mass is 280 g/mol. The minimum Gasteiger partial charge on any atom is -0.508 e. The number of aromatic hydroxyl groups is 1. The normalized spacial score (nSPS) is 10.7. The molecule has 0 atom stereocenters. The minimum atomic E-state index is -0.651. The Morgan fingerprint density at radius 1 is 1.19 bits per heavy atom. The number of nitrogens with zero attached hydrogens (tertiary/aromatic N) is 1. The van der Waals surface area contributed by atoms with Gasteiger partial charge in [0.25, 0.3) is 5.91 Å². The molecule has 0 radical (unpaired) electrons. The summed E-state index contributed by atoms with van der Waals surface area (Å²) in [6.45, 7) is 3.61. The maximum absolute atomic E-state index is 12.2. The Morgan fingerprint density at radius 2 is 1.90 bits per heavy atom. The molecule has 0 aliphatic rings. The van der Waals surface area contributed by atoms with E-state index in [-0.39, 0.29) is 11.7 Å².